The summed E-state index contributed by atoms with van der Waals surface area (Å²) >= 11 is 4.94. The van der Waals surface area contributed by atoms with Crippen LogP contribution in [0.1, 0.15) is 23.2 Å². The van der Waals surface area contributed by atoms with Gasteiger partial charge in [-0.2, -0.15) is 0 Å². The topological polar surface area (TPSA) is 42.1 Å². The molecule has 0 unspecified atom stereocenters. The van der Waals surface area contributed by atoms with Gasteiger partial charge in [0.15, 0.2) is 0 Å². The van der Waals surface area contributed by atoms with E-state index in [0.717, 1.165) is 25.1 Å². The molecule has 2 heterocycles. The lowest BCUT2D eigenvalue weighted by Crippen LogP contribution is -2.25. The van der Waals surface area contributed by atoms with E-state index in [1.807, 2.05) is 18.3 Å². The Hall–Kier alpha value is -1.94. The van der Waals surface area contributed by atoms with Crippen molar-refractivity contribution in [1.82, 2.24) is 4.98 Å². The molecular formula is C16H17N3S. The minimum Gasteiger partial charge on any atom is -0.388 e. The fraction of sp³-hybridized carbons (Fsp3) is 0.250. The van der Waals surface area contributed by atoms with Gasteiger partial charge in [0.2, 0.25) is 0 Å². The molecule has 1 aliphatic heterocycles. The minimum absolute atomic E-state index is 0.339. The molecule has 3 rings (SSSR count). The predicted molar refractivity (Wildman–Crippen MR) is 86.6 cm³/mol. The average molecular weight is 283 g/mol. The summed E-state index contributed by atoms with van der Waals surface area (Å²) < 4.78 is 0. The van der Waals surface area contributed by atoms with E-state index < -0.39 is 0 Å². The van der Waals surface area contributed by atoms with E-state index in [0.29, 0.717) is 10.7 Å². The number of aryl methyl sites for hydroxylation is 2. The minimum atomic E-state index is 0.339. The largest absolute Gasteiger partial charge is 0.388 e. The molecule has 20 heavy (non-hydrogen) atoms. The van der Waals surface area contributed by atoms with Crippen LogP contribution in [0, 0.1) is 6.92 Å². The number of aromatic nitrogens is 1. The third kappa shape index (κ3) is 2.39. The number of hydrogen-bond donors (Lipinski definition) is 1. The smallest absolute Gasteiger partial charge is 0.122 e. The third-order valence-electron chi connectivity index (χ3n) is 3.67. The number of hydrogen-bond acceptors (Lipinski definition) is 3. The Bertz CT molecular complexity index is 649. The first kappa shape index (κ1) is 13.1. The van der Waals surface area contributed by atoms with Gasteiger partial charge in [-0.25, -0.2) is 0 Å². The summed E-state index contributed by atoms with van der Waals surface area (Å²) in [5.74, 6) is 0. The number of thiocarbonyl (C=S) groups is 1. The molecular weight excluding hydrogens is 266 g/mol. The zero-order valence-electron chi connectivity index (χ0n) is 11.5. The van der Waals surface area contributed by atoms with Crippen molar-refractivity contribution >= 4 is 28.6 Å². The van der Waals surface area contributed by atoms with Crippen molar-refractivity contribution in [2.24, 2.45) is 5.73 Å². The summed E-state index contributed by atoms with van der Waals surface area (Å²) in [6.07, 6.45) is 4.16. The van der Waals surface area contributed by atoms with Crippen LogP contribution in [0.2, 0.25) is 0 Å². The standard InChI is InChI=1S/C16H17N3S/c1-11-4-7-15-12(9-11)3-2-8-19(15)13-5-6-14(16(17)20)18-10-13/h4-7,9-10H,2-3,8H2,1H3,(H2,17,20). The van der Waals surface area contributed by atoms with Crippen LogP contribution in [0.3, 0.4) is 0 Å². The number of nitrogens with two attached hydrogens (primary N) is 1. The number of fused-ring (bicyclic) bond motifs is 1. The van der Waals surface area contributed by atoms with Crippen molar-refractivity contribution in [3.63, 3.8) is 0 Å². The molecule has 1 aromatic heterocycles. The van der Waals surface area contributed by atoms with Crippen molar-refractivity contribution < 1.29 is 0 Å². The maximum Gasteiger partial charge on any atom is 0.122 e. The fourth-order valence-electron chi connectivity index (χ4n) is 2.69. The highest BCUT2D eigenvalue weighted by Crippen LogP contribution is 2.33. The first-order valence-electron chi connectivity index (χ1n) is 6.78. The third-order valence-corrected chi connectivity index (χ3v) is 3.87. The quantitative estimate of drug-likeness (QED) is 0.860. The van der Waals surface area contributed by atoms with E-state index in [1.165, 1.54) is 16.8 Å². The summed E-state index contributed by atoms with van der Waals surface area (Å²) in [5.41, 5.74) is 11.4. The lowest BCUT2D eigenvalue weighted by atomic mass is 9.99. The summed E-state index contributed by atoms with van der Waals surface area (Å²) in [4.78, 5) is 6.99. The van der Waals surface area contributed by atoms with Crippen molar-refractivity contribution in [1.29, 1.82) is 0 Å². The van der Waals surface area contributed by atoms with Crippen LogP contribution in [-0.4, -0.2) is 16.5 Å². The molecule has 0 radical (unpaired) electrons. The van der Waals surface area contributed by atoms with Crippen molar-refractivity contribution in [2.75, 3.05) is 11.4 Å². The normalized spacial score (nSPS) is 13.9. The Balaban J connectivity index is 1.98. The highest BCUT2D eigenvalue weighted by Gasteiger charge is 2.18. The Kier molecular flexibility index (Phi) is 3.40. The van der Waals surface area contributed by atoms with Crippen molar-refractivity contribution in [3.8, 4) is 0 Å². The molecule has 1 aliphatic rings. The van der Waals surface area contributed by atoms with Gasteiger partial charge in [-0.05, 0) is 43.5 Å². The molecule has 0 amide bonds. The molecule has 4 heteroatoms. The number of nitrogens with zero attached hydrogens (tertiary/aromatic N) is 2. The number of pyridine rings is 1. The van der Waals surface area contributed by atoms with Crippen LogP contribution in [0.4, 0.5) is 11.4 Å². The number of rotatable bonds is 2. The Morgan fingerprint density at radius 2 is 2.15 bits per heavy atom. The molecule has 2 N–H and O–H groups in total. The zero-order valence-corrected chi connectivity index (χ0v) is 12.3. The SMILES string of the molecule is Cc1ccc2c(c1)CCCN2c1ccc(C(N)=S)nc1. The molecule has 0 aliphatic carbocycles. The van der Waals surface area contributed by atoms with Gasteiger partial charge in [0.1, 0.15) is 4.99 Å². The molecule has 3 nitrogen and oxygen atoms in total. The lowest BCUT2D eigenvalue weighted by Gasteiger charge is -2.31. The van der Waals surface area contributed by atoms with E-state index in [4.69, 9.17) is 18.0 Å². The highest BCUT2D eigenvalue weighted by atomic mass is 32.1. The van der Waals surface area contributed by atoms with Gasteiger partial charge in [0.25, 0.3) is 0 Å². The number of benzene rings is 1. The zero-order chi connectivity index (χ0) is 14.1. The molecule has 0 fully saturated rings. The second kappa shape index (κ2) is 5.21. The Morgan fingerprint density at radius 3 is 2.85 bits per heavy atom. The van der Waals surface area contributed by atoms with Gasteiger partial charge < -0.3 is 10.6 Å². The Labute approximate surface area is 124 Å². The molecule has 0 atom stereocenters. The molecule has 1 aromatic carbocycles. The fourth-order valence-corrected chi connectivity index (χ4v) is 2.81. The molecule has 0 saturated heterocycles. The van der Waals surface area contributed by atoms with E-state index >= 15 is 0 Å². The van der Waals surface area contributed by atoms with Gasteiger partial charge in [0, 0.05) is 12.2 Å². The van der Waals surface area contributed by atoms with Crippen LogP contribution >= 0.6 is 12.2 Å². The van der Waals surface area contributed by atoms with Crippen molar-refractivity contribution in [2.45, 2.75) is 19.8 Å². The maximum absolute atomic E-state index is 5.59. The van der Waals surface area contributed by atoms with Gasteiger partial charge in [-0.1, -0.05) is 29.9 Å². The highest BCUT2D eigenvalue weighted by molar-refractivity contribution is 7.80. The van der Waals surface area contributed by atoms with Gasteiger partial charge in [-0.15, -0.1) is 0 Å². The van der Waals surface area contributed by atoms with Crippen LogP contribution in [0.5, 0.6) is 0 Å². The molecule has 102 valence electrons. The monoisotopic (exact) mass is 283 g/mol. The maximum atomic E-state index is 5.59. The lowest BCUT2D eigenvalue weighted by molar-refractivity contribution is 0.765. The first-order valence-corrected chi connectivity index (χ1v) is 7.19. The Morgan fingerprint density at radius 1 is 1.30 bits per heavy atom. The second-order valence-electron chi connectivity index (χ2n) is 5.15. The van der Waals surface area contributed by atoms with Crippen LogP contribution < -0.4 is 10.6 Å². The van der Waals surface area contributed by atoms with Gasteiger partial charge in [-0.3, -0.25) is 4.98 Å². The van der Waals surface area contributed by atoms with E-state index in [1.54, 1.807) is 0 Å². The van der Waals surface area contributed by atoms with Gasteiger partial charge in [0.05, 0.1) is 17.6 Å². The van der Waals surface area contributed by atoms with E-state index in [2.05, 4.69) is 35.0 Å². The predicted octanol–water partition coefficient (Wildman–Crippen LogP) is 3.11. The van der Waals surface area contributed by atoms with Crippen LogP contribution in [0.25, 0.3) is 0 Å². The summed E-state index contributed by atoms with van der Waals surface area (Å²) in [5, 5.41) is 0. The van der Waals surface area contributed by atoms with E-state index in [-0.39, 0.29) is 0 Å². The van der Waals surface area contributed by atoms with Crippen molar-refractivity contribution in [3.05, 3.63) is 53.3 Å². The van der Waals surface area contributed by atoms with E-state index in [9.17, 15) is 0 Å². The summed E-state index contributed by atoms with van der Waals surface area (Å²) in [6, 6.07) is 10.6. The first-order chi connectivity index (χ1) is 9.65. The average Bonchev–Trinajstić information content (AvgIpc) is 2.46. The molecule has 2 aromatic rings. The molecule has 0 spiro atoms. The molecule has 0 bridgehead atoms. The summed E-state index contributed by atoms with van der Waals surface area (Å²) in [6.45, 7) is 3.15. The summed E-state index contributed by atoms with van der Waals surface area (Å²) in [7, 11) is 0. The number of anilines is 2. The van der Waals surface area contributed by atoms with Crippen LogP contribution in [-0.2, 0) is 6.42 Å². The second-order valence-corrected chi connectivity index (χ2v) is 5.59. The molecule has 0 saturated carbocycles. The van der Waals surface area contributed by atoms with Gasteiger partial charge >= 0.3 is 0 Å². The van der Waals surface area contributed by atoms with Crippen LogP contribution in [0.15, 0.2) is 36.5 Å².